The van der Waals surface area contributed by atoms with Crippen molar-refractivity contribution in [1.29, 1.82) is 0 Å². The van der Waals surface area contributed by atoms with Crippen molar-refractivity contribution in [1.82, 2.24) is 14.5 Å². The molecule has 2 aromatic rings. The van der Waals surface area contributed by atoms with Crippen LogP contribution >= 0.6 is 0 Å². The topological polar surface area (TPSA) is 76.5 Å². The third-order valence-electron chi connectivity index (χ3n) is 4.71. The predicted molar refractivity (Wildman–Crippen MR) is 93.8 cm³/mol. The van der Waals surface area contributed by atoms with Crippen LogP contribution in [0, 0.1) is 0 Å². The van der Waals surface area contributed by atoms with Crippen LogP contribution in [0.2, 0.25) is 0 Å². The molecule has 0 atom stereocenters. The number of anilines is 1. The molecule has 1 aromatic heterocycles. The van der Waals surface area contributed by atoms with Crippen LogP contribution in [-0.2, 0) is 11.2 Å². The largest absolute Gasteiger partial charge is 0.490 e. The number of carbonyl (C=O) groups is 2. The van der Waals surface area contributed by atoms with Gasteiger partial charge in [0.15, 0.2) is 0 Å². The molecule has 1 N–H and O–H groups in total. The fraction of sp³-hybridized carbons (Fsp3) is 0.389. The second-order valence-electron chi connectivity index (χ2n) is 6.42. The number of hydrogen-bond acceptors (Lipinski definition) is 4. The number of ether oxygens (including phenoxy) is 1. The zero-order chi connectivity index (χ0) is 17.2. The minimum atomic E-state index is -0.0412. The maximum absolute atomic E-state index is 12.3. The zero-order valence-electron chi connectivity index (χ0n) is 13.9. The van der Waals surface area contributed by atoms with Crippen molar-refractivity contribution in [2.24, 2.45) is 0 Å². The van der Waals surface area contributed by atoms with Crippen LogP contribution in [-0.4, -0.2) is 45.6 Å². The molecule has 0 aliphatic carbocycles. The van der Waals surface area contributed by atoms with Gasteiger partial charge in [0, 0.05) is 51.9 Å². The van der Waals surface area contributed by atoms with Crippen LogP contribution in [0.15, 0.2) is 36.9 Å². The number of likely N-dealkylation sites (tertiary alicyclic amines) is 1. The molecule has 1 saturated heterocycles. The third kappa shape index (κ3) is 3.35. The number of fused-ring (bicyclic) bond motifs is 1. The number of carbonyl (C=O) groups excluding carboxylic acids is 2. The highest BCUT2D eigenvalue weighted by Gasteiger charge is 2.25. The van der Waals surface area contributed by atoms with Crippen molar-refractivity contribution >= 4 is 17.6 Å². The van der Waals surface area contributed by atoms with Crippen LogP contribution in [0.3, 0.4) is 0 Å². The van der Waals surface area contributed by atoms with Gasteiger partial charge in [0.2, 0.25) is 5.91 Å². The Morgan fingerprint density at radius 1 is 1.28 bits per heavy atom. The second-order valence-corrected chi connectivity index (χ2v) is 6.42. The number of imidazole rings is 1. The number of nitrogens with one attached hydrogen (secondary N) is 1. The molecule has 2 aliphatic heterocycles. The minimum Gasteiger partial charge on any atom is -0.490 e. The van der Waals surface area contributed by atoms with E-state index in [2.05, 4.69) is 10.3 Å². The summed E-state index contributed by atoms with van der Waals surface area (Å²) < 4.78 is 7.60. The third-order valence-corrected chi connectivity index (χ3v) is 4.71. The molecule has 7 nitrogen and oxygen atoms in total. The van der Waals surface area contributed by atoms with E-state index in [0.29, 0.717) is 19.5 Å². The molecule has 1 fully saturated rings. The molecular formula is C18H22N4O3. The van der Waals surface area contributed by atoms with E-state index in [0.717, 1.165) is 36.3 Å². The van der Waals surface area contributed by atoms with Gasteiger partial charge in [-0.15, -0.1) is 0 Å². The second kappa shape index (κ2) is 6.58. The lowest BCUT2D eigenvalue weighted by molar-refractivity contribution is -0.116. The number of aromatic nitrogens is 2. The highest BCUT2D eigenvalue weighted by molar-refractivity contribution is 5.94. The fourth-order valence-corrected chi connectivity index (χ4v) is 3.33. The van der Waals surface area contributed by atoms with Gasteiger partial charge in [0.25, 0.3) is 0 Å². The van der Waals surface area contributed by atoms with Crippen LogP contribution in [0.1, 0.15) is 26.3 Å². The van der Waals surface area contributed by atoms with Gasteiger partial charge in [-0.1, -0.05) is 0 Å². The van der Waals surface area contributed by atoms with Crippen molar-refractivity contribution in [2.75, 3.05) is 18.4 Å². The van der Waals surface area contributed by atoms with Gasteiger partial charge >= 0.3 is 6.03 Å². The summed E-state index contributed by atoms with van der Waals surface area (Å²) in [6.07, 6.45) is 7.76. The first kappa shape index (κ1) is 15.7. The van der Waals surface area contributed by atoms with Crippen molar-refractivity contribution in [3.05, 3.63) is 42.5 Å². The maximum Gasteiger partial charge on any atom is 0.329 e. The molecular weight excluding hydrogens is 320 g/mol. The lowest BCUT2D eigenvalue weighted by Gasteiger charge is -2.32. The summed E-state index contributed by atoms with van der Waals surface area (Å²) in [5, 5.41) is 2.88. The first-order chi connectivity index (χ1) is 12.2. The van der Waals surface area contributed by atoms with Crippen LogP contribution in [0.25, 0.3) is 0 Å². The van der Waals surface area contributed by atoms with Crippen molar-refractivity contribution in [2.45, 2.75) is 31.8 Å². The zero-order valence-corrected chi connectivity index (χ0v) is 13.9. The summed E-state index contributed by atoms with van der Waals surface area (Å²) in [6, 6.07) is 5.77. The maximum atomic E-state index is 12.3. The Hall–Kier alpha value is -2.83. The normalized spacial score (nSPS) is 17.8. The summed E-state index contributed by atoms with van der Waals surface area (Å²) >= 11 is 0. The van der Waals surface area contributed by atoms with Crippen molar-refractivity contribution in [3.63, 3.8) is 0 Å². The number of hydrogen-bond donors (Lipinski definition) is 1. The molecule has 0 saturated carbocycles. The van der Waals surface area contributed by atoms with Crippen molar-refractivity contribution in [3.8, 4) is 5.75 Å². The van der Waals surface area contributed by atoms with Crippen LogP contribution in [0.4, 0.5) is 10.5 Å². The van der Waals surface area contributed by atoms with Crippen LogP contribution in [0.5, 0.6) is 5.75 Å². The average Bonchev–Trinajstić information content (AvgIpc) is 3.17. The number of rotatable bonds is 2. The number of aryl methyl sites for hydroxylation is 1. The lowest BCUT2D eigenvalue weighted by atomic mass is 10.0. The van der Waals surface area contributed by atoms with Crippen LogP contribution < -0.4 is 10.1 Å². The fourth-order valence-electron chi connectivity index (χ4n) is 3.33. The Morgan fingerprint density at radius 3 is 2.88 bits per heavy atom. The van der Waals surface area contributed by atoms with E-state index >= 15 is 0 Å². The Bertz CT molecular complexity index is 786. The predicted octanol–water partition coefficient (Wildman–Crippen LogP) is 2.53. The Kier molecular flexibility index (Phi) is 4.13. The van der Waals surface area contributed by atoms with E-state index in [4.69, 9.17) is 4.74 Å². The van der Waals surface area contributed by atoms with Gasteiger partial charge < -0.3 is 15.0 Å². The van der Waals surface area contributed by atoms with E-state index in [1.54, 1.807) is 12.4 Å². The van der Waals surface area contributed by atoms with E-state index in [-0.39, 0.29) is 19.5 Å². The molecule has 7 heteroatoms. The molecule has 0 unspecified atom stereocenters. The number of benzene rings is 1. The van der Waals surface area contributed by atoms with Gasteiger partial charge in [-0.2, -0.15) is 0 Å². The first-order valence-corrected chi connectivity index (χ1v) is 8.56. The summed E-state index contributed by atoms with van der Waals surface area (Å²) in [5.41, 5.74) is 1.99. The molecule has 1 aromatic carbocycles. The molecule has 0 spiro atoms. The molecule has 0 bridgehead atoms. The molecule has 2 aliphatic rings. The highest BCUT2D eigenvalue weighted by atomic mass is 16.5. The summed E-state index contributed by atoms with van der Waals surface area (Å²) in [6.45, 7) is 1.34. The molecule has 3 heterocycles. The minimum absolute atomic E-state index is 0. The quantitative estimate of drug-likeness (QED) is 0.910. The van der Waals surface area contributed by atoms with Gasteiger partial charge in [-0.3, -0.25) is 9.36 Å². The number of piperidine rings is 1. The van der Waals surface area contributed by atoms with E-state index < -0.39 is 0 Å². The highest BCUT2D eigenvalue weighted by Crippen LogP contribution is 2.28. The summed E-state index contributed by atoms with van der Waals surface area (Å²) in [4.78, 5) is 29.4. The standard InChI is InChI=1S/C18H20N4O3.H2/c23-17-4-1-13-11-15(2-3-16(13)20-17)25-14-5-8-21(9-6-14)18(24)22-10-7-19-12-22;/h2-3,7,10-12,14H,1,4-6,8-9H2,(H,20,23);1H. The first-order valence-electron chi connectivity index (χ1n) is 8.56. The SMILES string of the molecule is O=C1CCc2cc(OC3CCN(C(=O)n4ccnc4)CC3)ccc2N1.[HH]. The number of nitrogens with zero attached hydrogens (tertiary/aromatic N) is 3. The molecule has 132 valence electrons. The van der Waals surface area contributed by atoms with Gasteiger partial charge in [-0.05, 0) is 30.2 Å². The molecule has 25 heavy (non-hydrogen) atoms. The summed E-state index contributed by atoms with van der Waals surface area (Å²) in [5.74, 6) is 0.894. The van der Waals surface area contributed by atoms with Crippen molar-refractivity contribution < 1.29 is 15.8 Å². The Balaban J connectivity index is 0.00000196. The monoisotopic (exact) mass is 342 g/mol. The van der Waals surface area contributed by atoms with Gasteiger partial charge in [-0.25, -0.2) is 9.78 Å². The Morgan fingerprint density at radius 2 is 2.12 bits per heavy atom. The van der Waals surface area contributed by atoms with Gasteiger partial charge in [0.1, 0.15) is 18.2 Å². The number of amides is 2. The lowest BCUT2D eigenvalue weighted by Crippen LogP contribution is -2.43. The van der Waals surface area contributed by atoms with E-state index in [1.165, 1.54) is 10.9 Å². The summed E-state index contributed by atoms with van der Waals surface area (Å²) in [7, 11) is 0. The molecule has 2 amide bonds. The molecule has 4 rings (SSSR count). The average molecular weight is 342 g/mol. The smallest absolute Gasteiger partial charge is 0.329 e. The molecule has 0 radical (unpaired) electrons. The van der Waals surface area contributed by atoms with E-state index in [9.17, 15) is 9.59 Å². The van der Waals surface area contributed by atoms with E-state index in [1.807, 2.05) is 23.1 Å². The Labute approximate surface area is 147 Å². The van der Waals surface area contributed by atoms with Gasteiger partial charge in [0.05, 0.1) is 0 Å².